The summed E-state index contributed by atoms with van der Waals surface area (Å²) in [6.07, 6.45) is 2.23. The van der Waals surface area contributed by atoms with Gasteiger partial charge in [-0.2, -0.15) is 0 Å². The molecule has 1 fully saturated rings. The SMILES string of the molecule is CCCOc1ccc(OCCN2CC(CN)CC2C)cc1.Cl. The molecule has 1 saturated heterocycles. The molecule has 0 saturated carbocycles. The van der Waals surface area contributed by atoms with E-state index >= 15 is 0 Å². The lowest BCUT2D eigenvalue weighted by molar-refractivity contribution is 0.202. The van der Waals surface area contributed by atoms with E-state index in [9.17, 15) is 0 Å². The zero-order valence-corrected chi connectivity index (χ0v) is 14.5. The van der Waals surface area contributed by atoms with Crippen molar-refractivity contribution in [3.8, 4) is 11.5 Å². The fourth-order valence-corrected chi connectivity index (χ4v) is 2.83. The molecule has 0 amide bonds. The van der Waals surface area contributed by atoms with Gasteiger partial charge in [0.25, 0.3) is 0 Å². The highest BCUT2D eigenvalue weighted by atomic mass is 35.5. The van der Waals surface area contributed by atoms with E-state index in [1.54, 1.807) is 0 Å². The van der Waals surface area contributed by atoms with E-state index < -0.39 is 0 Å². The molecular formula is C17H29ClN2O2. The van der Waals surface area contributed by atoms with Crippen LogP contribution in [0.15, 0.2) is 24.3 Å². The molecule has 0 radical (unpaired) electrons. The minimum atomic E-state index is 0. The quantitative estimate of drug-likeness (QED) is 0.797. The number of hydrogen-bond donors (Lipinski definition) is 1. The second-order valence-electron chi connectivity index (χ2n) is 5.85. The van der Waals surface area contributed by atoms with Crippen LogP contribution < -0.4 is 15.2 Å². The second kappa shape index (κ2) is 9.93. The highest BCUT2D eigenvalue weighted by molar-refractivity contribution is 5.85. The molecular weight excluding hydrogens is 300 g/mol. The molecule has 5 heteroatoms. The van der Waals surface area contributed by atoms with Crippen molar-refractivity contribution < 1.29 is 9.47 Å². The van der Waals surface area contributed by atoms with Crippen molar-refractivity contribution in [1.29, 1.82) is 0 Å². The van der Waals surface area contributed by atoms with Gasteiger partial charge in [-0.25, -0.2) is 0 Å². The van der Waals surface area contributed by atoms with E-state index in [4.69, 9.17) is 15.2 Å². The fourth-order valence-electron chi connectivity index (χ4n) is 2.83. The molecule has 0 spiro atoms. The number of nitrogens with two attached hydrogens (primary N) is 1. The first-order chi connectivity index (χ1) is 10.2. The van der Waals surface area contributed by atoms with Crippen molar-refractivity contribution in [2.75, 3.05) is 32.8 Å². The van der Waals surface area contributed by atoms with Gasteiger partial charge in [0.05, 0.1) is 6.61 Å². The third-order valence-electron chi connectivity index (χ3n) is 4.07. The standard InChI is InChI=1S/C17H28N2O2.ClH/c1-3-9-20-16-4-6-17(7-5-16)21-10-8-19-13-15(12-18)11-14(19)2;/h4-7,14-15H,3,8-13,18H2,1-2H3;1H. The molecule has 0 bridgehead atoms. The summed E-state index contributed by atoms with van der Waals surface area (Å²) in [6.45, 7) is 8.71. The van der Waals surface area contributed by atoms with Crippen LogP contribution in [0.25, 0.3) is 0 Å². The van der Waals surface area contributed by atoms with Gasteiger partial charge in [0.1, 0.15) is 18.1 Å². The first-order valence-corrected chi connectivity index (χ1v) is 8.02. The number of ether oxygens (including phenoxy) is 2. The number of likely N-dealkylation sites (tertiary alicyclic amines) is 1. The Morgan fingerprint density at radius 1 is 1.14 bits per heavy atom. The zero-order valence-electron chi connectivity index (χ0n) is 13.7. The molecule has 0 aliphatic carbocycles. The average Bonchev–Trinajstić information content (AvgIpc) is 2.87. The summed E-state index contributed by atoms with van der Waals surface area (Å²) in [7, 11) is 0. The van der Waals surface area contributed by atoms with Crippen LogP contribution in [0.3, 0.4) is 0 Å². The van der Waals surface area contributed by atoms with Gasteiger partial charge < -0.3 is 15.2 Å². The minimum Gasteiger partial charge on any atom is -0.494 e. The van der Waals surface area contributed by atoms with Crippen LogP contribution in [0.5, 0.6) is 11.5 Å². The normalized spacial score (nSPS) is 21.4. The summed E-state index contributed by atoms with van der Waals surface area (Å²) in [4.78, 5) is 2.47. The second-order valence-corrected chi connectivity index (χ2v) is 5.85. The summed E-state index contributed by atoms with van der Waals surface area (Å²) in [5, 5.41) is 0. The van der Waals surface area contributed by atoms with E-state index in [0.717, 1.165) is 50.8 Å². The van der Waals surface area contributed by atoms with Gasteiger partial charge in [0.15, 0.2) is 0 Å². The topological polar surface area (TPSA) is 47.7 Å². The fraction of sp³-hybridized carbons (Fsp3) is 0.647. The molecule has 1 aromatic carbocycles. The Labute approximate surface area is 140 Å². The summed E-state index contributed by atoms with van der Waals surface area (Å²) in [5.41, 5.74) is 5.76. The van der Waals surface area contributed by atoms with E-state index in [1.807, 2.05) is 24.3 Å². The number of rotatable bonds is 8. The first kappa shape index (κ1) is 19.1. The van der Waals surface area contributed by atoms with Gasteiger partial charge in [-0.15, -0.1) is 12.4 Å². The summed E-state index contributed by atoms with van der Waals surface area (Å²) in [5.74, 6) is 2.46. The van der Waals surface area contributed by atoms with Gasteiger partial charge in [-0.1, -0.05) is 6.92 Å². The minimum absolute atomic E-state index is 0. The van der Waals surface area contributed by atoms with E-state index in [1.165, 1.54) is 6.42 Å². The number of benzene rings is 1. The highest BCUT2D eigenvalue weighted by Crippen LogP contribution is 2.22. The van der Waals surface area contributed by atoms with Crippen LogP contribution >= 0.6 is 12.4 Å². The molecule has 4 nitrogen and oxygen atoms in total. The van der Waals surface area contributed by atoms with Gasteiger partial charge in [0, 0.05) is 19.1 Å². The predicted octanol–water partition coefficient (Wildman–Crippen LogP) is 2.95. The van der Waals surface area contributed by atoms with E-state index in [0.29, 0.717) is 12.0 Å². The highest BCUT2D eigenvalue weighted by Gasteiger charge is 2.27. The maximum absolute atomic E-state index is 5.82. The summed E-state index contributed by atoms with van der Waals surface area (Å²) in [6, 6.07) is 8.50. The molecule has 2 atom stereocenters. The molecule has 1 aliphatic heterocycles. The van der Waals surface area contributed by atoms with Crippen LogP contribution in [-0.2, 0) is 0 Å². The number of hydrogen-bond acceptors (Lipinski definition) is 4. The van der Waals surface area contributed by atoms with E-state index in [2.05, 4.69) is 18.7 Å². The Morgan fingerprint density at radius 3 is 2.23 bits per heavy atom. The lowest BCUT2D eigenvalue weighted by atomic mass is 10.1. The molecule has 2 unspecified atom stereocenters. The van der Waals surface area contributed by atoms with Crippen LogP contribution in [0.2, 0.25) is 0 Å². The van der Waals surface area contributed by atoms with Gasteiger partial charge >= 0.3 is 0 Å². The Morgan fingerprint density at radius 2 is 1.73 bits per heavy atom. The zero-order chi connectivity index (χ0) is 15.1. The molecule has 1 aromatic rings. The molecule has 0 aromatic heterocycles. The summed E-state index contributed by atoms with van der Waals surface area (Å²) >= 11 is 0. The lowest BCUT2D eigenvalue weighted by Crippen LogP contribution is -2.32. The lowest BCUT2D eigenvalue weighted by Gasteiger charge is -2.21. The van der Waals surface area contributed by atoms with Crippen LogP contribution in [0, 0.1) is 5.92 Å². The van der Waals surface area contributed by atoms with Crippen molar-refractivity contribution in [2.24, 2.45) is 11.7 Å². The number of halogens is 1. The molecule has 22 heavy (non-hydrogen) atoms. The Balaban J connectivity index is 0.00000242. The Kier molecular flexibility index (Phi) is 8.61. The van der Waals surface area contributed by atoms with Gasteiger partial charge in [-0.3, -0.25) is 4.90 Å². The Bertz CT molecular complexity index is 414. The predicted molar refractivity (Wildman–Crippen MR) is 93.2 cm³/mol. The largest absolute Gasteiger partial charge is 0.494 e. The third-order valence-corrected chi connectivity index (χ3v) is 4.07. The first-order valence-electron chi connectivity index (χ1n) is 8.02. The molecule has 1 heterocycles. The maximum Gasteiger partial charge on any atom is 0.119 e. The Hall–Kier alpha value is -0.970. The van der Waals surface area contributed by atoms with Gasteiger partial charge in [-0.05, 0) is 56.5 Å². The molecule has 2 N–H and O–H groups in total. The smallest absolute Gasteiger partial charge is 0.119 e. The van der Waals surface area contributed by atoms with Gasteiger partial charge in [0.2, 0.25) is 0 Å². The average molecular weight is 329 g/mol. The van der Waals surface area contributed by atoms with E-state index in [-0.39, 0.29) is 12.4 Å². The van der Waals surface area contributed by atoms with Crippen molar-refractivity contribution >= 4 is 12.4 Å². The van der Waals surface area contributed by atoms with Crippen molar-refractivity contribution in [3.63, 3.8) is 0 Å². The monoisotopic (exact) mass is 328 g/mol. The van der Waals surface area contributed by atoms with Crippen molar-refractivity contribution in [1.82, 2.24) is 4.90 Å². The maximum atomic E-state index is 5.82. The van der Waals surface area contributed by atoms with Crippen LogP contribution in [-0.4, -0.2) is 43.8 Å². The number of nitrogens with zero attached hydrogens (tertiary/aromatic N) is 1. The summed E-state index contributed by atoms with van der Waals surface area (Å²) < 4.78 is 11.4. The molecule has 126 valence electrons. The van der Waals surface area contributed by atoms with Crippen LogP contribution in [0.1, 0.15) is 26.7 Å². The van der Waals surface area contributed by atoms with Crippen molar-refractivity contribution in [2.45, 2.75) is 32.7 Å². The molecule has 1 aliphatic rings. The molecule has 2 rings (SSSR count). The third kappa shape index (κ3) is 5.67. The van der Waals surface area contributed by atoms with Crippen LogP contribution in [0.4, 0.5) is 0 Å². The van der Waals surface area contributed by atoms with Crippen molar-refractivity contribution in [3.05, 3.63) is 24.3 Å².